The van der Waals surface area contributed by atoms with E-state index in [0.29, 0.717) is 35.7 Å². The lowest BCUT2D eigenvalue weighted by molar-refractivity contribution is 0.479. The van der Waals surface area contributed by atoms with Crippen LogP contribution in [0, 0.1) is 6.92 Å². The molecule has 2 fully saturated rings. The van der Waals surface area contributed by atoms with Crippen molar-refractivity contribution in [3.63, 3.8) is 0 Å². The molecule has 1 atom stereocenters. The quantitative estimate of drug-likeness (QED) is 0.190. The van der Waals surface area contributed by atoms with Crippen LogP contribution in [0.4, 0.5) is 17.3 Å². The van der Waals surface area contributed by atoms with Crippen molar-refractivity contribution in [2.75, 3.05) is 36.8 Å². The van der Waals surface area contributed by atoms with E-state index in [-0.39, 0.29) is 5.56 Å². The Labute approximate surface area is 252 Å². The van der Waals surface area contributed by atoms with Crippen molar-refractivity contribution < 1.29 is 0 Å². The molecule has 11 heteroatoms. The zero-order valence-corrected chi connectivity index (χ0v) is 25.2. The predicted octanol–water partition coefficient (Wildman–Crippen LogP) is 5.32. The monoisotopic (exact) mass is 598 g/mol. The molecule has 0 saturated carbocycles. The maximum absolute atomic E-state index is 14.1. The van der Waals surface area contributed by atoms with Gasteiger partial charge < -0.3 is 21.3 Å². The molecule has 2 aliphatic heterocycles. The van der Waals surface area contributed by atoms with Crippen molar-refractivity contribution in [3.05, 3.63) is 79.2 Å². The standard InChI is InChI=1S/C31H34N8OS2/c1-19-28(35-18-42-19)26-14-21-16-34-31(37-23-4-2-22(3-5-23)36-24-7-11-32-12-8-24)38-29(21)39(30(26)40)17-27-25(9-13-41-27)20-6-10-33-15-20/h2-5,9,13-14,16,18,20,24,32-33,36H,6-8,10-12,15,17H2,1H3,(H,34,37,38). The molecule has 42 heavy (non-hydrogen) atoms. The van der Waals surface area contributed by atoms with E-state index in [9.17, 15) is 4.79 Å². The molecular weight excluding hydrogens is 565 g/mol. The largest absolute Gasteiger partial charge is 0.382 e. The number of aryl methyl sites for hydroxylation is 1. The van der Waals surface area contributed by atoms with Gasteiger partial charge in [0.2, 0.25) is 5.95 Å². The number of nitrogens with zero attached hydrogens (tertiary/aromatic N) is 4. The van der Waals surface area contributed by atoms with E-state index in [1.165, 1.54) is 10.4 Å². The van der Waals surface area contributed by atoms with Crippen LogP contribution in [-0.2, 0) is 6.54 Å². The third kappa shape index (κ3) is 5.57. The predicted molar refractivity (Wildman–Crippen MR) is 173 cm³/mol. The summed E-state index contributed by atoms with van der Waals surface area (Å²) in [6, 6.07) is 12.8. The van der Waals surface area contributed by atoms with Crippen LogP contribution in [-0.4, -0.2) is 51.7 Å². The molecule has 1 aromatic carbocycles. The number of piperidine rings is 1. The minimum Gasteiger partial charge on any atom is -0.382 e. The number of aromatic nitrogens is 4. The number of pyridine rings is 1. The van der Waals surface area contributed by atoms with E-state index in [0.717, 1.165) is 72.8 Å². The van der Waals surface area contributed by atoms with Crippen LogP contribution in [0.2, 0.25) is 0 Å². The van der Waals surface area contributed by atoms with Gasteiger partial charge in [-0.1, -0.05) is 0 Å². The first-order valence-electron chi connectivity index (χ1n) is 14.5. The zero-order chi connectivity index (χ0) is 28.5. The second-order valence-corrected chi connectivity index (χ2v) is 13.1. The Balaban J connectivity index is 1.22. The van der Waals surface area contributed by atoms with Crippen LogP contribution in [0.1, 0.15) is 40.5 Å². The molecule has 0 bridgehead atoms. The van der Waals surface area contributed by atoms with Crippen LogP contribution in [0.3, 0.4) is 0 Å². The number of thiophene rings is 1. The number of nitrogens with one attached hydrogen (secondary N) is 4. The molecular formula is C31H34N8OS2. The first kappa shape index (κ1) is 27.2. The van der Waals surface area contributed by atoms with Crippen LogP contribution < -0.4 is 26.8 Å². The van der Waals surface area contributed by atoms with Crippen LogP contribution in [0.25, 0.3) is 22.3 Å². The number of hydrogen-bond acceptors (Lipinski definition) is 10. The molecule has 2 saturated heterocycles. The van der Waals surface area contributed by atoms with Crippen molar-refractivity contribution in [1.82, 2.24) is 30.2 Å². The molecule has 5 aromatic rings. The Morgan fingerprint density at radius 2 is 1.81 bits per heavy atom. The molecule has 0 spiro atoms. The summed E-state index contributed by atoms with van der Waals surface area (Å²) in [4.78, 5) is 30.4. The van der Waals surface area contributed by atoms with Crippen molar-refractivity contribution >= 4 is 51.0 Å². The summed E-state index contributed by atoms with van der Waals surface area (Å²) in [5.74, 6) is 0.926. The highest BCUT2D eigenvalue weighted by molar-refractivity contribution is 7.10. The first-order chi connectivity index (χ1) is 20.6. The summed E-state index contributed by atoms with van der Waals surface area (Å²) in [5, 5.41) is 16.8. The smallest absolute Gasteiger partial charge is 0.262 e. The highest BCUT2D eigenvalue weighted by atomic mass is 32.1. The third-order valence-corrected chi connectivity index (χ3v) is 9.94. The van der Waals surface area contributed by atoms with Crippen LogP contribution >= 0.6 is 22.7 Å². The van der Waals surface area contributed by atoms with Crippen molar-refractivity contribution in [2.45, 2.75) is 44.7 Å². The molecule has 4 aromatic heterocycles. The molecule has 9 nitrogen and oxygen atoms in total. The van der Waals surface area contributed by atoms with Gasteiger partial charge >= 0.3 is 0 Å². The van der Waals surface area contributed by atoms with Gasteiger partial charge in [0.1, 0.15) is 5.65 Å². The van der Waals surface area contributed by atoms with Gasteiger partial charge in [0, 0.05) is 45.3 Å². The Bertz CT molecular complexity index is 1750. The number of fused-ring (bicyclic) bond motifs is 1. The first-order valence-corrected chi connectivity index (χ1v) is 16.3. The second-order valence-electron chi connectivity index (χ2n) is 11.0. The van der Waals surface area contributed by atoms with Crippen LogP contribution in [0.5, 0.6) is 0 Å². The van der Waals surface area contributed by atoms with E-state index in [1.807, 2.05) is 25.1 Å². The second kappa shape index (κ2) is 11.9. The molecule has 216 valence electrons. The lowest BCUT2D eigenvalue weighted by Gasteiger charge is -2.24. The molecule has 4 N–H and O–H groups in total. The Kier molecular flexibility index (Phi) is 7.72. The lowest BCUT2D eigenvalue weighted by atomic mass is 9.99. The number of anilines is 3. The lowest BCUT2D eigenvalue weighted by Crippen LogP contribution is -2.35. The minimum absolute atomic E-state index is 0.0848. The van der Waals surface area contributed by atoms with E-state index in [1.54, 1.807) is 38.9 Å². The van der Waals surface area contributed by atoms with E-state index >= 15 is 0 Å². The fraction of sp³-hybridized carbons (Fsp3) is 0.355. The van der Waals surface area contributed by atoms with E-state index in [2.05, 4.69) is 54.8 Å². The summed E-state index contributed by atoms with van der Waals surface area (Å²) < 4.78 is 1.81. The molecule has 1 unspecified atom stereocenters. The molecule has 7 rings (SSSR count). The summed E-state index contributed by atoms with van der Waals surface area (Å²) >= 11 is 3.25. The maximum atomic E-state index is 14.1. The minimum atomic E-state index is -0.0848. The Hall–Kier alpha value is -3.64. The van der Waals surface area contributed by atoms with Crippen molar-refractivity contribution in [2.24, 2.45) is 0 Å². The van der Waals surface area contributed by atoms with E-state index < -0.39 is 0 Å². The summed E-state index contributed by atoms with van der Waals surface area (Å²) in [6.45, 7) is 6.57. The van der Waals surface area contributed by atoms with Gasteiger partial charge in [-0.15, -0.1) is 22.7 Å². The van der Waals surface area contributed by atoms with Gasteiger partial charge in [0.15, 0.2) is 0 Å². The van der Waals surface area contributed by atoms with Gasteiger partial charge in [-0.05, 0) is 99.1 Å². The normalized spacial score (nSPS) is 17.6. The highest BCUT2D eigenvalue weighted by Crippen LogP contribution is 2.31. The van der Waals surface area contributed by atoms with Crippen molar-refractivity contribution in [1.29, 1.82) is 0 Å². The van der Waals surface area contributed by atoms with E-state index in [4.69, 9.17) is 4.98 Å². The summed E-state index contributed by atoms with van der Waals surface area (Å²) in [5.41, 5.74) is 6.96. The molecule has 6 heterocycles. The van der Waals surface area contributed by atoms with Gasteiger partial charge in [0.05, 0.1) is 23.3 Å². The number of benzene rings is 1. The van der Waals surface area contributed by atoms with Gasteiger partial charge in [-0.3, -0.25) is 9.36 Å². The van der Waals surface area contributed by atoms with Gasteiger partial charge in [-0.25, -0.2) is 9.97 Å². The maximum Gasteiger partial charge on any atom is 0.262 e. The SMILES string of the molecule is Cc1scnc1-c1cc2cnc(Nc3ccc(NC4CCNCC4)cc3)nc2n(Cc2sccc2C2CCNC2)c1=O. The van der Waals surface area contributed by atoms with Gasteiger partial charge in [0.25, 0.3) is 5.56 Å². The third-order valence-electron chi connectivity index (χ3n) is 8.26. The number of thiazole rings is 1. The summed E-state index contributed by atoms with van der Waals surface area (Å²) in [7, 11) is 0. The van der Waals surface area contributed by atoms with Crippen LogP contribution in [0.15, 0.2) is 58.3 Å². The number of rotatable bonds is 8. The molecule has 0 radical (unpaired) electrons. The topological polar surface area (TPSA) is 109 Å². The summed E-state index contributed by atoms with van der Waals surface area (Å²) in [6.07, 6.45) is 5.16. The average molecular weight is 599 g/mol. The molecule has 0 aliphatic carbocycles. The van der Waals surface area contributed by atoms with Crippen molar-refractivity contribution in [3.8, 4) is 11.3 Å². The fourth-order valence-corrected chi connectivity index (χ4v) is 7.53. The Morgan fingerprint density at radius 1 is 1.00 bits per heavy atom. The average Bonchev–Trinajstić information content (AvgIpc) is 3.79. The fourth-order valence-electron chi connectivity index (χ4n) is 5.99. The van der Waals surface area contributed by atoms with Gasteiger partial charge in [-0.2, -0.15) is 4.98 Å². The molecule has 2 aliphatic rings. The molecule has 0 amide bonds. The number of hydrogen-bond donors (Lipinski definition) is 4. The highest BCUT2D eigenvalue weighted by Gasteiger charge is 2.23. The Morgan fingerprint density at radius 3 is 2.57 bits per heavy atom. The zero-order valence-electron chi connectivity index (χ0n) is 23.5.